The molecule has 2 N–H and O–H groups in total. The molecule has 1 aliphatic heterocycles. The maximum atomic E-state index is 12.1. The van der Waals surface area contributed by atoms with Crippen molar-refractivity contribution in [3.63, 3.8) is 0 Å². The van der Waals surface area contributed by atoms with Crippen LogP contribution in [0, 0.1) is 5.92 Å². The molecule has 7 nitrogen and oxygen atoms in total. The first kappa shape index (κ1) is 15.4. The van der Waals surface area contributed by atoms with E-state index in [0.29, 0.717) is 32.6 Å². The van der Waals surface area contributed by atoms with Crippen molar-refractivity contribution in [2.45, 2.75) is 25.8 Å². The molecular formula is C12H22N4O3S. The molecule has 0 radical (unpaired) electrons. The Morgan fingerprint density at radius 2 is 2.30 bits per heavy atom. The van der Waals surface area contributed by atoms with Crippen LogP contribution in [0.25, 0.3) is 0 Å². The number of hydrogen-bond acceptors (Lipinski definition) is 4. The quantitative estimate of drug-likeness (QED) is 0.684. The van der Waals surface area contributed by atoms with E-state index < -0.39 is 10.2 Å². The smallest absolute Gasteiger partial charge is 0.279 e. The van der Waals surface area contributed by atoms with Crippen molar-refractivity contribution in [3.8, 4) is 0 Å². The molecule has 20 heavy (non-hydrogen) atoms. The molecule has 114 valence electrons. The first-order chi connectivity index (χ1) is 9.62. The maximum Gasteiger partial charge on any atom is 0.279 e. The molecule has 0 amide bonds. The van der Waals surface area contributed by atoms with Crippen molar-refractivity contribution in [3.05, 3.63) is 18.5 Å². The van der Waals surface area contributed by atoms with E-state index in [-0.39, 0.29) is 12.5 Å². The van der Waals surface area contributed by atoms with Gasteiger partial charge >= 0.3 is 0 Å². The van der Waals surface area contributed by atoms with Crippen LogP contribution >= 0.6 is 0 Å². The van der Waals surface area contributed by atoms with E-state index in [1.165, 1.54) is 4.31 Å². The summed E-state index contributed by atoms with van der Waals surface area (Å²) in [6, 6.07) is 1.84. The third kappa shape index (κ3) is 4.27. The zero-order valence-electron chi connectivity index (χ0n) is 11.5. The van der Waals surface area contributed by atoms with Crippen molar-refractivity contribution in [1.29, 1.82) is 0 Å². The second-order valence-corrected chi connectivity index (χ2v) is 6.83. The lowest BCUT2D eigenvalue weighted by Gasteiger charge is -2.30. The molecule has 0 bridgehead atoms. The molecule has 1 atom stereocenters. The van der Waals surface area contributed by atoms with E-state index in [1.54, 1.807) is 10.9 Å². The maximum absolute atomic E-state index is 12.1. The molecule has 1 unspecified atom stereocenters. The summed E-state index contributed by atoms with van der Waals surface area (Å²) in [5, 5.41) is 13.2. The topological polar surface area (TPSA) is 87.5 Å². The number of aliphatic hydroxyl groups excluding tert-OH is 1. The van der Waals surface area contributed by atoms with Gasteiger partial charge in [0.25, 0.3) is 10.2 Å². The fraction of sp³-hybridized carbons (Fsp3) is 0.750. The molecule has 1 saturated heterocycles. The lowest BCUT2D eigenvalue weighted by atomic mass is 10.0. The van der Waals surface area contributed by atoms with Gasteiger partial charge in [0.1, 0.15) is 0 Å². The number of aromatic nitrogens is 2. The number of hydrogen-bond donors (Lipinski definition) is 2. The molecule has 1 aromatic heterocycles. The zero-order valence-corrected chi connectivity index (χ0v) is 12.3. The molecular weight excluding hydrogens is 280 g/mol. The molecule has 1 aromatic rings. The second-order valence-electron chi connectivity index (χ2n) is 5.07. The van der Waals surface area contributed by atoms with E-state index in [1.807, 2.05) is 12.3 Å². The first-order valence-electron chi connectivity index (χ1n) is 6.95. The van der Waals surface area contributed by atoms with Crippen LogP contribution < -0.4 is 4.72 Å². The van der Waals surface area contributed by atoms with Gasteiger partial charge in [-0.3, -0.25) is 4.68 Å². The van der Waals surface area contributed by atoms with E-state index in [4.69, 9.17) is 5.11 Å². The van der Waals surface area contributed by atoms with Gasteiger partial charge in [0.05, 0.1) is 0 Å². The minimum absolute atomic E-state index is 0.0469. The average Bonchev–Trinajstić information content (AvgIpc) is 2.97. The third-order valence-electron chi connectivity index (χ3n) is 3.49. The first-order valence-corrected chi connectivity index (χ1v) is 8.39. The van der Waals surface area contributed by atoms with Crippen LogP contribution in [0.3, 0.4) is 0 Å². The van der Waals surface area contributed by atoms with Crippen LogP contribution in [0.4, 0.5) is 0 Å². The van der Waals surface area contributed by atoms with E-state index in [0.717, 1.165) is 12.8 Å². The van der Waals surface area contributed by atoms with Crippen LogP contribution in [0.1, 0.15) is 19.3 Å². The van der Waals surface area contributed by atoms with Gasteiger partial charge in [-0.2, -0.15) is 17.8 Å². The molecule has 1 fully saturated rings. The lowest BCUT2D eigenvalue weighted by molar-refractivity contribution is 0.165. The van der Waals surface area contributed by atoms with Gasteiger partial charge in [0, 0.05) is 45.2 Å². The van der Waals surface area contributed by atoms with Crippen molar-refractivity contribution in [2.24, 2.45) is 5.92 Å². The van der Waals surface area contributed by atoms with Gasteiger partial charge in [0.2, 0.25) is 0 Å². The highest BCUT2D eigenvalue weighted by molar-refractivity contribution is 7.87. The highest BCUT2D eigenvalue weighted by Crippen LogP contribution is 2.17. The average molecular weight is 302 g/mol. The van der Waals surface area contributed by atoms with Crippen molar-refractivity contribution in [2.75, 3.05) is 26.2 Å². The zero-order chi connectivity index (χ0) is 14.4. The van der Waals surface area contributed by atoms with Crippen molar-refractivity contribution >= 4 is 10.2 Å². The summed E-state index contributed by atoms with van der Waals surface area (Å²) in [5.41, 5.74) is 0. The molecule has 0 spiro atoms. The summed E-state index contributed by atoms with van der Waals surface area (Å²) in [7, 11) is -3.42. The molecule has 2 rings (SSSR count). The molecule has 8 heteroatoms. The highest BCUT2D eigenvalue weighted by atomic mass is 32.2. The molecule has 0 aliphatic carbocycles. The number of nitrogens with one attached hydrogen (secondary N) is 1. The van der Waals surface area contributed by atoms with Crippen LogP contribution in [-0.2, 0) is 16.8 Å². The fourth-order valence-electron chi connectivity index (χ4n) is 2.36. The van der Waals surface area contributed by atoms with Gasteiger partial charge in [0.15, 0.2) is 0 Å². The predicted octanol–water partition coefficient (Wildman–Crippen LogP) is -0.188. The summed E-state index contributed by atoms with van der Waals surface area (Å²) in [6.45, 7) is 2.07. The Bertz CT molecular complexity index is 489. The molecule has 0 aromatic carbocycles. The Morgan fingerprint density at radius 1 is 1.45 bits per heavy atom. The Balaban J connectivity index is 1.75. The summed E-state index contributed by atoms with van der Waals surface area (Å²) in [6.07, 6.45) is 5.94. The van der Waals surface area contributed by atoms with Crippen molar-refractivity contribution in [1.82, 2.24) is 18.8 Å². The predicted molar refractivity (Wildman–Crippen MR) is 75.1 cm³/mol. The number of rotatable bonds is 7. The number of aliphatic hydroxyl groups is 1. The normalized spacial score (nSPS) is 21.1. The SMILES string of the molecule is O=S(=O)(NCCCn1cccn1)N1CCCC(CO)C1. The van der Waals surface area contributed by atoms with Gasteiger partial charge in [-0.1, -0.05) is 0 Å². The standard InChI is InChI=1S/C12H22N4O3S/c17-11-12-4-1-9-16(10-12)20(18,19)14-6-3-8-15-7-2-5-13-15/h2,5,7,12,14,17H,1,3-4,6,8-11H2. The summed E-state index contributed by atoms with van der Waals surface area (Å²) < 4.78 is 30.1. The molecule has 0 saturated carbocycles. The number of aryl methyl sites for hydroxylation is 1. The number of piperidine rings is 1. The Morgan fingerprint density at radius 3 is 3.00 bits per heavy atom. The molecule has 1 aliphatic rings. The summed E-state index contributed by atoms with van der Waals surface area (Å²) in [5.74, 6) is 0.0596. The highest BCUT2D eigenvalue weighted by Gasteiger charge is 2.27. The van der Waals surface area contributed by atoms with Crippen LogP contribution in [0.15, 0.2) is 18.5 Å². The van der Waals surface area contributed by atoms with Gasteiger partial charge in [-0.05, 0) is 31.2 Å². The van der Waals surface area contributed by atoms with Crippen LogP contribution in [-0.4, -0.2) is 53.9 Å². The Labute approximate surface area is 119 Å². The Hall–Kier alpha value is -0.960. The largest absolute Gasteiger partial charge is 0.396 e. The van der Waals surface area contributed by atoms with Gasteiger partial charge in [-0.25, -0.2) is 4.72 Å². The van der Waals surface area contributed by atoms with Crippen LogP contribution in [0.5, 0.6) is 0 Å². The number of nitrogens with zero attached hydrogens (tertiary/aromatic N) is 3. The summed E-state index contributed by atoms with van der Waals surface area (Å²) >= 11 is 0. The second kappa shape index (κ2) is 7.16. The van der Waals surface area contributed by atoms with Crippen LogP contribution in [0.2, 0.25) is 0 Å². The Kier molecular flexibility index (Phi) is 5.53. The van der Waals surface area contributed by atoms with E-state index in [9.17, 15) is 8.42 Å². The molecule has 2 heterocycles. The van der Waals surface area contributed by atoms with E-state index >= 15 is 0 Å². The third-order valence-corrected chi connectivity index (χ3v) is 5.07. The fourth-order valence-corrected chi connectivity index (χ4v) is 3.72. The monoisotopic (exact) mass is 302 g/mol. The van der Waals surface area contributed by atoms with E-state index in [2.05, 4.69) is 9.82 Å². The van der Waals surface area contributed by atoms with Gasteiger partial charge in [-0.15, -0.1) is 0 Å². The minimum atomic E-state index is -3.42. The van der Waals surface area contributed by atoms with Gasteiger partial charge < -0.3 is 5.11 Å². The summed E-state index contributed by atoms with van der Waals surface area (Å²) in [4.78, 5) is 0. The lowest BCUT2D eigenvalue weighted by Crippen LogP contribution is -2.46. The van der Waals surface area contributed by atoms with Crippen molar-refractivity contribution < 1.29 is 13.5 Å². The minimum Gasteiger partial charge on any atom is -0.396 e.